The number of nitrogens with one attached hydrogen (secondary N) is 1. The number of carbonyl (C=O) groups excluding carboxylic acids is 1. The second-order valence-corrected chi connectivity index (χ2v) is 5.33. The number of aromatic amines is 1. The average Bonchev–Trinajstić information content (AvgIpc) is 3.04. The first-order valence-electron chi connectivity index (χ1n) is 7.67. The number of H-pyrrole nitrogens is 1. The molecule has 0 unspecified atom stereocenters. The Bertz CT molecular complexity index is 883. The molecule has 3 aromatic rings. The van der Waals surface area contributed by atoms with Gasteiger partial charge in [0.1, 0.15) is 5.75 Å². The van der Waals surface area contributed by atoms with Gasteiger partial charge in [0.25, 0.3) is 0 Å². The fraction of sp³-hybridized carbons (Fsp3) is 0.211. The van der Waals surface area contributed by atoms with Crippen molar-refractivity contribution in [2.75, 3.05) is 28.1 Å². The molecule has 25 heavy (non-hydrogen) atoms. The number of ether oxygens (including phenoxy) is 4. The summed E-state index contributed by atoms with van der Waals surface area (Å²) in [7, 11) is 4.70. The molecule has 0 fully saturated rings. The Hall–Kier alpha value is -2.99. The van der Waals surface area contributed by atoms with Gasteiger partial charge in [-0.1, -0.05) is 0 Å². The third-order valence-electron chi connectivity index (χ3n) is 3.96. The van der Waals surface area contributed by atoms with Gasteiger partial charge < -0.3 is 23.9 Å². The maximum atomic E-state index is 11.9. The number of aldehydes is 1. The molecule has 3 rings (SSSR count). The molecule has 2 aromatic carbocycles. The topological polar surface area (TPSA) is 69.8 Å². The number of aromatic nitrogens is 1. The lowest BCUT2D eigenvalue weighted by molar-refractivity contribution is 0.0503. The zero-order valence-corrected chi connectivity index (χ0v) is 14.3. The van der Waals surface area contributed by atoms with E-state index in [9.17, 15) is 4.79 Å². The van der Waals surface area contributed by atoms with Gasteiger partial charge in [0.05, 0.1) is 36.4 Å². The summed E-state index contributed by atoms with van der Waals surface area (Å²) in [4.78, 5) is 15.1. The van der Waals surface area contributed by atoms with Crippen molar-refractivity contribution >= 4 is 17.2 Å². The van der Waals surface area contributed by atoms with Gasteiger partial charge in [-0.25, -0.2) is 0 Å². The molecule has 1 N–H and O–H groups in total. The van der Waals surface area contributed by atoms with Crippen molar-refractivity contribution < 1.29 is 23.7 Å². The largest absolute Gasteiger partial charge is 0.497 e. The number of carbonyl (C=O) groups is 1. The van der Waals surface area contributed by atoms with Crippen LogP contribution in [-0.2, 0) is 4.74 Å². The molecule has 0 atom stereocenters. The van der Waals surface area contributed by atoms with Gasteiger partial charge in [-0.05, 0) is 42.0 Å². The van der Waals surface area contributed by atoms with E-state index < -0.39 is 0 Å². The van der Waals surface area contributed by atoms with Crippen LogP contribution in [0.25, 0.3) is 22.2 Å². The summed E-state index contributed by atoms with van der Waals surface area (Å²) in [5.74, 6) is 1.76. The zero-order valence-electron chi connectivity index (χ0n) is 14.3. The van der Waals surface area contributed by atoms with Crippen LogP contribution in [0.3, 0.4) is 0 Å². The molecule has 0 aliphatic heterocycles. The summed E-state index contributed by atoms with van der Waals surface area (Å²) in [6.45, 7) is 0.0524. The third kappa shape index (κ3) is 3.04. The number of fused-ring (bicyclic) bond motifs is 1. The number of benzene rings is 2. The molecule has 6 heteroatoms. The SMILES string of the molecule is COCOc1c(OC)ccc2[nH]c(-c3ccc(OC)cc3)c(C=O)c12. The smallest absolute Gasteiger partial charge is 0.188 e. The molecule has 0 saturated carbocycles. The summed E-state index contributed by atoms with van der Waals surface area (Å²) < 4.78 is 21.2. The maximum absolute atomic E-state index is 11.9. The van der Waals surface area contributed by atoms with Gasteiger partial charge in [-0.3, -0.25) is 4.79 Å². The Morgan fingerprint density at radius 1 is 1.00 bits per heavy atom. The van der Waals surface area contributed by atoms with E-state index in [0.717, 1.165) is 23.1 Å². The molecule has 0 aliphatic carbocycles. The van der Waals surface area contributed by atoms with E-state index >= 15 is 0 Å². The predicted octanol–water partition coefficient (Wildman–Crippen LogP) is 3.65. The highest BCUT2D eigenvalue weighted by atomic mass is 16.7. The van der Waals surface area contributed by atoms with Gasteiger partial charge in [0.2, 0.25) is 0 Å². The summed E-state index contributed by atoms with van der Waals surface area (Å²) in [6.07, 6.45) is 0.817. The van der Waals surface area contributed by atoms with Crippen molar-refractivity contribution in [3.05, 3.63) is 42.0 Å². The van der Waals surface area contributed by atoms with Crippen molar-refractivity contribution in [2.24, 2.45) is 0 Å². The van der Waals surface area contributed by atoms with Crippen LogP contribution in [0.2, 0.25) is 0 Å². The Labute approximate surface area is 145 Å². The number of rotatable bonds is 7. The Balaban J connectivity index is 2.21. The Morgan fingerprint density at radius 2 is 1.76 bits per heavy atom. The number of hydrogen-bond donors (Lipinski definition) is 1. The highest BCUT2D eigenvalue weighted by Gasteiger charge is 2.20. The highest BCUT2D eigenvalue weighted by molar-refractivity contribution is 6.08. The minimum absolute atomic E-state index is 0.0524. The lowest BCUT2D eigenvalue weighted by Crippen LogP contribution is -2.01. The molecular formula is C19H19NO5. The van der Waals surface area contributed by atoms with Crippen LogP contribution < -0.4 is 14.2 Å². The van der Waals surface area contributed by atoms with Crippen LogP contribution in [0, 0.1) is 0 Å². The van der Waals surface area contributed by atoms with Crippen molar-refractivity contribution in [3.63, 3.8) is 0 Å². The maximum Gasteiger partial charge on any atom is 0.188 e. The second kappa shape index (κ2) is 7.27. The molecule has 6 nitrogen and oxygen atoms in total. The van der Waals surface area contributed by atoms with Gasteiger partial charge in [0.15, 0.2) is 24.6 Å². The minimum Gasteiger partial charge on any atom is -0.497 e. The lowest BCUT2D eigenvalue weighted by Gasteiger charge is -2.11. The molecule has 0 aliphatic rings. The predicted molar refractivity (Wildman–Crippen MR) is 94.7 cm³/mol. The fourth-order valence-electron chi connectivity index (χ4n) is 2.79. The van der Waals surface area contributed by atoms with Crippen molar-refractivity contribution in [3.8, 4) is 28.5 Å². The monoisotopic (exact) mass is 341 g/mol. The average molecular weight is 341 g/mol. The van der Waals surface area contributed by atoms with Crippen LogP contribution in [0.4, 0.5) is 0 Å². The quantitative estimate of drug-likeness (QED) is 0.525. The molecular weight excluding hydrogens is 322 g/mol. The van der Waals surface area contributed by atoms with Crippen LogP contribution in [-0.4, -0.2) is 39.4 Å². The van der Waals surface area contributed by atoms with Gasteiger partial charge >= 0.3 is 0 Å². The molecule has 0 bridgehead atoms. The molecule has 1 aromatic heterocycles. The molecule has 0 radical (unpaired) electrons. The second-order valence-electron chi connectivity index (χ2n) is 5.33. The van der Waals surface area contributed by atoms with Crippen molar-refractivity contribution in [1.29, 1.82) is 0 Å². The third-order valence-corrected chi connectivity index (χ3v) is 3.96. The van der Waals surface area contributed by atoms with Crippen LogP contribution in [0.1, 0.15) is 10.4 Å². The fourth-order valence-corrected chi connectivity index (χ4v) is 2.79. The highest BCUT2D eigenvalue weighted by Crippen LogP contribution is 2.41. The van der Waals surface area contributed by atoms with Crippen molar-refractivity contribution in [2.45, 2.75) is 0 Å². The van der Waals surface area contributed by atoms with E-state index in [1.54, 1.807) is 20.3 Å². The van der Waals surface area contributed by atoms with Gasteiger partial charge in [0, 0.05) is 7.11 Å². The van der Waals surface area contributed by atoms with Gasteiger partial charge in [-0.2, -0.15) is 0 Å². The normalized spacial score (nSPS) is 10.7. The van der Waals surface area contributed by atoms with Crippen LogP contribution >= 0.6 is 0 Å². The van der Waals surface area contributed by atoms with E-state index in [1.807, 2.05) is 30.3 Å². The zero-order chi connectivity index (χ0) is 17.8. The summed E-state index contributed by atoms with van der Waals surface area (Å²) in [5.41, 5.74) is 2.86. The summed E-state index contributed by atoms with van der Waals surface area (Å²) in [6, 6.07) is 11.1. The first kappa shape index (κ1) is 16.9. The Kier molecular flexibility index (Phi) is 4.90. The van der Waals surface area contributed by atoms with E-state index in [1.165, 1.54) is 7.11 Å². The van der Waals surface area contributed by atoms with Crippen molar-refractivity contribution in [1.82, 2.24) is 4.98 Å². The van der Waals surface area contributed by atoms with E-state index in [0.29, 0.717) is 28.1 Å². The molecule has 0 saturated heterocycles. The lowest BCUT2D eigenvalue weighted by atomic mass is 10.1. The molecule has 130 valence electrons. The summed E-state index contributed by atoms with van der Waals surface area (Å²) >= 11 is 0. The standard InChI is InChI=1S/C19H19NO5/c1-22-11-25-19-16(24-3)9-8-15-17(19)14(10-21)18(20-15)12-4-6-13(23-2)7-5-12/h4-10,20H,11H2,1-3H3. The van der Waals surface area contributed by atoms with E-state index in [2.05, 4.69) is 4.98 Å². The number of methoxy groups -OCH3 is 3. The minimum atomic E-state index is 0.0524. The van der Waals surface area contributed by atoms with Crippen LogP contribution in [0.5, 0.6) is 17.2 Å². The number of hydrogen-bond acceptors (Lipinski definition) is 5. The van der Waals surface area contributed by atoms with Crippen LogP contribution in [0.15, 0.2) is 36.4 Å². The Morgan fingerprint density at radius 3 is 2.36 bits per heavy atom. The molecule has 0 amide bonds. The summed E-state index contributed by atoms with van der Waals surface area (Å²) in [5, 5.41) is 0.664. The molecule has 0 spiro atoms. The van der Waals surface area contributed by atoms with E-state index in [4.69, 9.17) is 18.9 Å². The first-order chi connectivity index (χ1) is 12.2. The first-order valence-corrected chi connectivity index (χ1v) is 7.67. The van der Waals surface area contributed by atoms with Gasteiger partial charge in [-0.15, -0.1) is 0 Å². The van der Waals surface area contributed by atoms with E-state index in [-0.39, 0.29) is 6.79 Å². The molecule has 1 heterocycles.